The summed E-state index contributed by atoms with van der Waals surface area (Å²) in [5.74, 6) is 1.22. The van der Waals surface area contributed by atoms with Crippen molar-refractivity contribution in [2.24, 2.45) is 5.92 Å². The van der Waals surface area contributed by atoms with E-state index in [2.05, 4.69) is 34.7 Å². The number of rotatable bonds is 2. The van der Waals surface area contributed by atoms with Crippen molar-refractivity contribution >= 4 is 0 Å². The molecule has 3 N–H and O–H groups in total. The Labute approximate surface area is 134 Å². The Morgan fingerprint density at radius 3 is 2.78 bits per heavy atom. The van der Waals surface area contributed by atoms with Crippen molar-refractivity contribution in [1.29, 1.82) is 0 Å². The molecule has 0 amide bonds. The molecule has 0 bridgehead atoms. The second-order valence-electron chi connectivity index (χ2n) is 6.60. The van der Waals surface area contributed by atoms with Crippen LogP contribution in [0.15, 0.2) is 35.8 Å². The van der Waals surface area contributed by atoms with Crippen molar-refractivity contribution in [3.05, 3.63) is 35.8 Å². The van der Waals surface area contributed by atoms with E-state index >= 15 is 0 Å². The summed E-state index contributed by atoms with van der Waals surface area (Å²) < 4.78 is 39.7. The third-order valence-corrected chi connectivity index (χ3v) is 4.68. The van der Waals surface area contributed by atoms with Gasteiger partial charge in [-0.25, -0.2) is 0 Å². The van der Waals surface area contributed by atoms with E-state index in [4.69, 9.17) is 0 Å². The number of fused-ring (bicyclic) bond motifs is 1. The summed E-state index contributed by atoms with van der Waals surface area (Å²) in [4.78, 5) is 2.12. The fourth-order valence-electron chi connectivity index (χ4n) is 3.28. The molecule has 0 aromatic carbocycles. The highest BCUT2D eigenvalue weighted by atomic mass is 19.4. The van der Waals surface area contributed by atoms with E-state index < -0.39 is 17.8 Å². The molecule has 3 rings (SSSR count). The molecule has 3 aliphatic rings. The summed E-state index contributed by atoms with van der Waals surface area (Å²) in [5, 5.41) is 9.66. The van der Waals surface area contributed by atoms with Gasteiger partial charge in [-0.05, 0) is 5.92 Å². The molecule has 7 heteroatoms. The van der Waals surface area contributed by atoms with Crippen LogP contribution in [-0.4, -0.2) is 48.8 Å². The molecule has 23 heavy (non-hydrogen) atoms. The number of hydrogen-bond donors (Lipinski definition) is 3. The second-order valence-corrected chi connectivity index (χ2v) is 6.60. The number of halogens is 3. The number of piperazine rings is 1. The highest BCUT2D eigenvalue weighted by molar-refractivity contribution is 5.35. The summed E-state index contributed by atoms with van der Waals surface area (Å²) in [6.07, 6.45) is 1.86. The van der Waals surface area contributed by atoms with Gasteiger partial charge in [0, 0.05) is 31.9 Å². The highest BCUT2D eigenvalue weighted by Gasteiger charge is 2.43. The average Bonchev–Trinajstić information content (AvgIpc) is 2.53. The molecule has 2 heterocycles. The van der Waals surface area contributed by atoms with Gasteiger partial charge in [-0.2, -0.15) is 13.2 Å². The summed E-state index contributed by atoms with van der Waals surface area (Å²) in [7, 11) is 0. The van der Waals surface area contributed by atoms with E-state index in [1.807, 2.05) is 0 Å². The van der Waals surface area contributed by atoms with E-state index in [0.29, 0.717) is 12.0 Å². The predicted octanol–water partition coefficient (Wildman–Crippen LogP) is 1.70. The van der Waals surface area contributed by atoms with Gasteiger partial charge in [-0.15, -0.1) is 0 Å². The monoisotopic (exact) mass is 328 g/mol. The van der Waals surface area contributed by atoms with Crippen LogP contribution in [0.5, 0.6) is 0 Å². The van der Waals surface area contributed by atoms with Crippen LogP contribution >= 0.6 is 0 Å². The molecule has 1 aliphatic carbocycles. The lowest BCUT2D eigenvalue weighted by molar-refractivity contribution is -0.0976. The molecule has 0 spiro atoms. The highest BCUT2D eigenvalue weighted by Crippen LogP contribution is 2.33. The Morgan fingerprint density at radius 2 is 2.09 bits per heavy atom. The number of nitrogens with zero attached hydrogens (tertiary/aromatic N) is 1. The Morgan fingerprint density at radius 1 is 1.30 bits per heavy atom. The third-order valence-electron chi connectivity index (χ3n) is 4.68. The lowest BCUT2D eigenvalue weighted by atomic mass is 9.92. The largest absolute Gasteiger partial charge is 0.414 e. The van der Waals surface area contributed by atoms with Crippen LogP contribution in [-0.2, 0) is 0 Å². The Bertz CT molecular complexity index is 536. The minimum absolute atomic E-state index is 0.341. The Hall–Kier alpha value is -1.63. The predicted molar refractivity (Wildman–Crippen MR) is 83.4 cm³/mol. The van der Waals surface area contributed by atoms with Gasteiger partial charge >= 0.3 is 6.18 Å². The van der Waals surface area contributed by atoms with Crippen molar-refractivity contribution in [2.45, 2.75) is 38.1 Å². The standard InChI is InChI=1S/C16H23F3N4/c1-10(2)13-9-23(7-6-20-13)14-8-21-12-5-3-4-11(15(12)22-14)16(17,18)19/h3-5,8,10,12-13,15,20-22H,6-7,9H2,1-2H3. The first-order chi connectivity index (χ1) is 10.9. The first-order valence-corrected chi connectivity index (χ1v) is 8.03. The zero-order chi connectivity index (χ0) is 16.6. The smallest absolute Gasteiger partial charge is 0.379 e. The maximum Gasteiger partial charge on any atom is 0.414 e. The van der Waals surface area contributed by atoms with Gasteiger partial charge in [-0.1, -0.05) is 32.1 Å². The van der Waals surface area contributed by atoms with Gasteiger partial charge in [0.05, 0.1) is 17.7 Å². The lowest BCUT2D eigenvalue weighted by Gasteiger charge is -2.43. The van der Waals surface area contributed by atoms with Crippen LogP contribution in [0.1, 0.15) is 13.8 Å². The first-order valence-electron chi connectivity index (χ1n) is 8.03. The molecule has 2 aliphatic heterocycles. The number of allylic oxidation sites excluding steroid dienone is 2. The van der Waals surface area contributed by atoms with Crippen LogP contribution < -0.4 is 16.0 Å². The molecule has 3 atom stereocenters. The molecule has 1 fully saturated rings. The van der Waals surface area contributed by atoms with Crippen molar-refractivity contribution in [3.63, 3.8) is 0 Å². The quantitative estimate of drug-likeness (QED) is 0.722. The minimum atomic E-state index is -4.32. The molecule has 128 valence electrons. The maximum absolute atomic E-state index is 13.2. The zero-order valence-electron chi connectivity index (χ0n) is 13.3. The minimum Gasteiger partial charge on any atom is -0.379 e. The van der Waals surface area contributed by atoms with Crippen LogP contribution in [0, 0.1) is 5.92 Å². The summed E-state index contributed by atoms with van der Waals surface area (Å²) in [6.45, 7) is 6.69. The molecule has 1 saturated heterocycles. The van der Waals surface area contributed by atoms with Crippen molar-refractivity contribution in [3.8, 4) is 0 Å². The van der Waals surface area contributed by atoms with Crippen LogP contribution in [0.4, 0.5) is 13.2 Å². The van der Waals surface area contributed by atoms with E-state index in [9.17, 15) is 13.2 Å². The topological polar surface area (TPSA) is 39.3 Å². The number of hydrogen-bond acceptors (Lipinski definition) is 4. The van der Waals surface area contributed by atoms with Crippen LogP contribution in [0.2, 0.25) is 0 Å². The van der Waals surface area contributed by atoms with E-state index in [1.165, 1.54) is 6.08 Å². The summed E-state index contributed by atoms with van der Waals surface area (Å²) in [6, 6.07) is -0.815. The summed E-state index contributed by atoms with van der Waals surface area (Å²) >= 11 is 0. The first kappa shape index (κ1) is 16.2. The molecule has 0 aromatic rings. The van der Waals surface area contributed by atoms with Gasteiger partial charge in [0.15, 0.2) is 0 Å². The SMILES string of the molecule is CC(C)C1CN(C2=CNC3C=CC=C(C(F)(F)F)C3N2)CCN1. The van der Waals surface area contributed by atoms with Crippen molar-refractivity contribution in [1.82, 2.24) is 20.9 Å². The molecule has 0 saturated carbocycles. The van der Waals surface area contributed by atoms with Gasteiger partial charge in [0.2, 0.25) is 0 Å². The fourth-order valence-corrected chi connectivity index (χ4v) is 3.28. The number of alkyl halides is 3. The maximum atomic E-state index is 13.2. The van der Waals surface area contributed by atoms with Crippen molar-refractivity contribution in [2.75, 3.05) is 19.6 Å². The lowest BCUT2D eigenvalue weighted by Crippen LogP contribution is -2.59. The zero-order valence-corrected chi connectivity index (χ0v) is 13.3. The molecule has 4 nitrogen and oxygen atoms in total. The van der Waals surface area contributed by atoms with E-state index in [0.717, 1.165) is 31.5 Å². The fraction of sp³-hybridized carbons (Fsp3) is 0.625. The normalized spacial score (nSPS) is 31.0. The molecular weight excluding hydrogens is 305 g/mol. The van der Waals surface area contributed by atoms with Gasteiger partial charge < -0.3 is 20.9 Å². The third kappa shape index (κ3) is 3.34. The van der Waals surface area contributed by atoms with Crippen LogP contribution in [0.25, 0.3) is 0 Å². The second kappa shape index (κ2) is 6.11. The summed E-state index contributed by atoms with van der Waals surface area (Å²) in [5.41, 5.74) is -0.529. The average molecular weight is 328 g/mol. The molecule has 3 unspecified atom stereocenters. The van der Waals surface area contributed by atoms with Gasteiger partial charge in [0.1, 0.15) is 5.82 Å². The van der Waals surface area contributed by atoms with Crippen molar-refractivity contribution < 1.29 is 13.2 Å². The van der Waals surface area contributed by atoms with E-state index in [-0.39, 0.29) is 6.04 Å². The van der Waals surface area contributed by atoms with Crippen LogP contribution in [0.3, 0.4) is 0 Å². The van der Waals surface area contributed by atoms with Gasteiger partial charge in [0.25, 0.3) is 0 Å². The number of nitrogens with one attached hydrogen (secondary N) is 3. The van der Waals surface area contributed by atoms with Gasteiger partial charge in [-0.3, -0.25) is 0 Å². The Balaban J connectivity index is 1.75. The molecule has 0 radical (unpaired) electrons. The van der Waals surface area contributed by atoms with E-state index in [1.54, 1.807) is 12.3 Å². The Kier molecular flexibility index (Phi) is 4.31. The molecule has 0 aromatic heterocycles. The molecular formula is C16H23F3N4.